The molecule has 0 fully saturated rings. The van der Waals surface area contributed by atoms with Gasteiger partial charge in [-0.15, -0.1) is 0 Å². The highest BCUT2D eigenvalue weighted by atomic mass is 16.6. The maximum atomic E-state index is 12.0. The van der Waals surface area contributed by atoms with Gasteiger partial charge in [-0.3, -0.25) is 0 Å². The van der Waals surface area contributed by atoms with E-state index in [0.29, 0.717) is 19.7 Å². The number of amides is 1. The quantitative estimate of drug-likeness (QED) is 0.854. The van der Waals surface area contributed by atoms with Crippen LogP contribution in [0.3, 0.4) is 0 Å². The molecule has 0 radical (unpaired) electrons. The highest BCUT2D eigenvalue weighted by Crippen LogP contribution is 2.30. The third-order valence-electron chi connectivity index (χ3n) is 4.45. The van der Waals surface area contributed by atoms with Gasteiger partial charge in [0.1, 0.15) is 11.3 Å². The van der Waals surface area contributed by atoms with E-state index in [2.05, 4.69) is 13.0 Å². The van der Waals surface area contributed by atoms with E-state index in [-0.39, 0.29) is 6.09 Å². The van der Waals surface area contributed by atoms with Crippen molar-refractivity contribution in [3.05, 3.63) is 35.0 Å². The van der Waals surface area contributed by atoms with Gasteiger partial charge in [-0.25, -0.2) is 9.78 Å². The number of methoxy groups -OCH3 is 1. The molecule has 23 heavy (non-hydrogen) atoms. The lowest BCUT2D eigenvalue weighted by Gasteiger charge is -2.18. The van der Waals surface area contributed by atoms with Gasteiger partial charge in [0.15, 0.2) is 0 Å². The first-order valence-corrected chi connectivity index (χ1v) is 8.02. The normalized spacial score (nSPS) is 14.3. The van der Waals surface area contributed by atoms with Gasteiger partial charge in [0, 0.05) is 30.6 Å². The zero-order valence-corrected chi connectivity index (χ0v) is 13.9. The Kier molecular flexibility index (Phi) is 4.37. The lowest BCUT2D eigenvalue weighted by atomic mass is 9.98. The molecule has 0 spiro atoms. The summed E-state index contributed by atoms with van der Waals surface area (Å²) in [6.45, 7) is 5.67. The summed E-state index contributed by atoms with van der Waals surface area (Å²) in [7, 11) is 1.67. The molecule has 0 N–H and O–H groups in total. The number of benzene rings is 1. The Bertz CT molecular complexity index is 743. The lowest BCUT2D eigenvalue weighted by Crippen LogP contribution is -2.33. The smallest absolute Gasteiger partial charge is 0.409 e. The van der Waals surface area contributed by atoms with Crippen molar-refractivity contribution in [2.24, 2.45) is 0 Å². The molecule has 122 valence electrons. The number of carbonyl (C=O) groups excluding carboxylic acids is 1. The summed E-state index contributed by atoms with van der Waals surface area (Å²) < 4.78 is 10.6. The molecule has 3 rings (SSSR count). The molecule has 0 atom stereocenters. The van der Waals surface area contributed by atoms with Crippen LogP contribution in [0.4, 0.5) is 4.79 Å². The summed E-state index contributed by atoms with van der Waals surface area (Å²) in [4.78, 5) is 18.6. The molecular formula is C18H22N2O3. The average molecular weight is 314 g/mol. The maximum Gasteiger partial charge on any atom is 0.409 e. The van der Waals surface area contributed by atoms with Crippen molar-refractivity contribution >= 4 is 17.0 Å². The van der Waals surface area contributed by atoms with Crippen molar-refractivity contribution in [1.29, 1.82) is 0 Å². The topological polar surface area (TPSA) is 51.7 Å². The Morgan fingerprint density at radius 2 is 2.09 bits per heavy atom. The van der Waals surface area contributed by atoms with Crippen LogP contribution in [0, 0.1) is 6.92 Å². The fraction of sp³-hybridized carbons (Fsp3) is 0.444. The van der Waals surface area contributed by atoms with E-state index in [9.17, 15) is 4.79 Å². The lowest BCUT2D eigenvalue weighted by molar-refractivity contribution is 0.109. The monoisotopic (exact) mass is 314 g/mol. The second-order valence-corrected chi connectivity index (χ2v) is 5.70. The van der Waals surface area contributed by atoms with Crippen molar-refractivity contribution in [2.45, 2.75) is 26.7 Å². The molecule has 1 aromatic heterocycles. The average Bonchev–Trinajstić information content (AvgIpc) is 2.78. The minimum Gasteiger partial charge on any atom is -0.494 e. The van der Waals surface area contributed by atoms with Crippen LogP contribution in [0.25, 0.3) is 10.9 Å². The van der Waals surface area contributed by atoms with Gasteiger partial charge in [-0.1, -0.05) is 12.1 Å². The second-order valence-electron chi connectivity index (χ2n) is 5.70. The summed E-state index contributed by atoms with van der Waals surface area (Å²) in [6, 6.07) is 6.00. The minimum absolute atomic E-state index is 0.236. The molecule has 2 heterocycles. The van der Waals surface area contributed by atoms with Crippen LogP contribution in [-0.4, -0.2) is 42.8 Å². The molecular weight excluding hydrogens is 292 g/mol. The van der Waals surface area contributed by atoms with E-state index in [1.807, 2.05) is 19.1 Å². The first-order chi connectivity index (χ1) is 11.2. The molecule has 1 aromatic carbocycles. The van der Waals surface area contributed by atoms with Crippen LogP contribution in [0.5, 0.6) is 5.75 Å². The van der Waals surface area contributed by atoms with Crippen LogP contribution in [0.1, 0.15) is 23.7 Å². The van der Waals surface area contributed by atoms with Crippen LogP contribution in [0.15, 0.2) is 18.2 Å². The van der Waals surface area contributed by atoms with Crippen LogP contribution >= 0.6 is 0 Å². The van der Waals surface area contributed by atoms with E-state index in [1.54, 1.807) is 12.0 Å². The number of aromatic nitrogens is 1. The Hall–Kier alpha value is -2.30. The Labute approximate surface area is 136 Å². The Morgan fingerprint density at radius 1 is 1.30 bits per heavy atom. The molecule has 2 aromatic rings. The van der Waals surface area contributed by atoms with Crippen molar-refractivity contribution in [3.8, 4) is 5.75 Å². The molecule has 1 amide bonds. The third kappa shape index (κ3) is 2.83. The molecule has 0 aliphatic carbocycles. The number of ether oxygens (including phenoxy) is 2. The summed E-state index contributed by atoms with van der Waals surface area (Å²) in [5, 5.41) is 1.12. The van der Waals surface area contributed by atoms with Gasteiger partial charge < -0.3 is 14.4 Å². The van der Waals surface area contributed by atoms with Crippen LogP contribution < -0.4 is 4.74 Å². The van der Waals surface area contributed by atoms with Gasteiger partial charge in [0.05, 0.1) is 13.7 Å². The Morgan fingerprint density at radius 3 is 2.83 bits per heavy atom. The Balaban J connectivity index is 2.00. The molecule has 5 nitrogen and oxygen atoms in total. The number of carbonyl (C=O) groups is 1. The second kappa shape index (κ2) is 6.44. The van der Waals surface area contributed by atoms with E-state index in [0.717, 1.165) is 35.2 Å². The van der Waals surface area contributed by atoms with Crippen LogP contribution in [-0.2, 0) is 17.6 Å². The number of fused-ring (bicyclic) bond motifs is 2. The van der Waals surface area contributed by atoms with Crippen molar-refractivity contribution in [1.82, 2.24) is 9.88 Å². The largest absolute Gasteiger partial charge is 0.494 e. The van der Waals surface area contributed by atoms with Gasteiger partial charge in [-0.05, 0) is 37.5 Å². The first-order valence-electron chi connectivity index (χ1n) is 8.02. The number of aryl methyl sites for hydroxylation is 1. The maximum absolute atomic E-state index is 12.0. The predicted octanol–water partition coefficient (Wildman–Crippen LogP) is 3.11. The van der Waals surface area contributed by atoms with Gasteiger partial charge in [0.25, 0.3) is 0 Å². The molecule has 1 aliphatic rings. The van der Waals surface area contributed by atoms with E-state index >= 15 is 0 Å². The van der Waals surface area contributed by atoms with Gasteiger partial charge in [0.2, 0.25) is 0 Å². The standard InChI is InChI=1S/C18H22N2O3/c1-4-23-18(21)20-10-8-13-12(2)14-6-5-7-16(22-3)17(14)19-15(13)9-11-20/h5-7H,4,8-11H2,1-3H3. The summed E-state index contributed by atoms with van der Waals surface area (Å²) in [6.07, 6.45) is 1.31. The van der Waals surface area contributed by atoms with Crippen molar-refractivity contribution < 1.29 is 14.3 Å². The SMILES string of the molecule is CCOC(=O)N1CCc2nc3c(OC)cccc3c(C)c2CC1. The summed E-state index contributed by atoms with van der Waals surface area (Å²) in [5.74, 6) is 0.792. The summed E-state index contributed by atoms with van der Waals surface area (Å²) in [5.41, 5.74) is 4.44. The first kappa shape index (κ1) is 15.6. The fourth-order valence-electron chi connectivity index (χ4n) is 3.22. The van der Waals surface area contributed by atoms with E-state index < -0.39 is 0 Å². The number of hydrogen-bond acceptors (Lipinski definition) is 4. The molecule has 0 bridgehead atoms. The molecule has 5 heteroatoms. The molecule has 0 saturated carbocycles. The number of nitrogens with zero attached hydrogens (tertiary/aromatic N) is 2. The molecule has 1 aliphatic heterocycles. The zero-order chi connectivity index (χ0) is 16.4. The number of hydrogen-bond donors (Lipinski definition) is 0. The number of rotatable bonds is 2. The molecule has 0 saturated heterocycles. The van der Waals surface area contributed by atoms with E-state index in [1.165, 1.54) is 11.1 Å². The zero-order valence-electron chi connectivity index (χ0n) is 13.9. The minimum atomic E-state index is -0.236. The van der Waals surface area contributed by atoms with Crippen LogP contribution in [0.2, 0.25) is 0 Å². The molecule has 0 unspecified atom stereocenters. The highest BCUT2D eigenvalue weighted by molar-refractivity contribution is 5.88. The van der Waals surface area contributed by atoms with Gasteiger partial charge >= 0.3 is 6.09 Å². The fourth-order valence-corrected chi connectivity index (χ4v) is 3.22. The third-order valence-corrected chi connectivity index (χ3v) is 4.45. The number of para-hydroxylation sites is 1. The van der Waals surface area contributed by atoms with E-state index in [4.69, 9.17) is 14.5 Å². The summed E-state index contributed by atoms with van der Waals surface area (Å²) >= 11 is 0. The van der Waals surface area contributed by atoms with Gasteiger partial charge in [-0.2, -0.15) is 0 Å². The predicted molar refractivity (Wildman–Crippen MR) is 89.0 cm³/mol. The number of pyridine rings is 1. The van der Waals surface area contributed by atoms with Crippen molar-refractivity contribution in [2.75, 3.05) is 26.8 Å². The highest BCUT2D eigenvalue weighted by Gasteiger charge is 2.22. The van der Waals surface area contributed by atoms with Crippen molar-refractivity contribution in [3.63, 3.8) is 0 Å².